The van der Waals surface area contributed by atoms with Gasteiger partial charge in [0.2, 0.25) is 10.0 Å². The first kappa shape index (κ1) is 25.3. The number of piperazine rings is 1. The van der Waals surface area contributed by atoms with Crippen LogP contribution in [0.5, 0.6) is 5.75 Å². The Bertz CT molecular complexity index is 1170. The quantitative estimate of drug-likeness (QED) is 0.589. The van der Waals surface area contributed by atoms with Gasteiger partial charge in [-0.1, -0.05) is 6.07 Å². The summed E-state index contributed by atoms with van der Waals surface area (Å²) in [5.74, 6) is -0.111. The molecule has 2 aromatic rings. The van der Waals surface area contributed by atoms with Crippen LogP contribution in [0.25, 0.3) is 0 Å². The molecule has 11 heteroatoms. The zero-order chi connectivity index (χ0) is 25.2. The van der Waals surface area contributed by atoms with Crippen LogP contribution in [-0.4, -0.2) is 69.4 Å². The second-order valence-corrected chi connectivity index (χ2v) is 10.4. The monoisotopic (exact) mass is 511 g/mol. The maximum absolute atomic E-state index is 13.2. The molecule has 0 unspecified atom stereocenters. The number of amides is 1. The summed E-state index contributed by atoms with van der Waals surface area (Å²) in [5.41, 5.74) is -0.0274. The summed E-state index contributed by atoms with van der Waals surface area (Å²) in [7, 11) is -3.80. The molecule has 2 fully saturated rings. The number of carbonyl (C=O) groups is 1. The van der Waals surface area contributed by atoms with Gasteiger partial charge in [0.25, 0.3) is 5.91 Å². The zero-order valence-electron chi connectivity index (χ0n) is 19.4. The number of rotatable bonds is 6. The van der Waals surface area contributed by atoms with Gasteiger partial charge < -0.3 is 14.5 Å². The summed E-state index contributed by atoms with van der Waals surface area (Å²) in [5, 5.41) is 0. The maximum Gasteiger partial charge on any atom is 0.416 e. The molecule has 0 aromatic heterocycles. The Morgan fingerprint density at radius 3 is 2.29 bits per heavy atom. The third-order valence-corrected chi connectivity index (χ3v) is 8.20. The van der Waals surface area contributed by atoms with Crippen LogP contribution < -0.4 is 9.64 Å². The van der Waals surface area contributed by atoms with Crippen LogP contribution in [0.3, 0.4) is 0 Å². The van der Waals surface area contributed by atoms with Crippen molar-refractivity contribution in [2.45, 2.75) is 30.8 Å². The average Bonchev–Trinajstić information content (AvgIpc) is 3.40. The largest absolute Gasteiger partial charge is 0.492 e. The van der Waals surface area contributed by atoms with E-state index in [2.05, 4.69) is 0 Å². The predicted octanol–water partition coefficient (Wildman–Crippen LogP) is 3.85. The number of alkyl halides is 3. The summed E-state index contributed by atoms with van der Waals surface area (Å²) in [6.07, 6.45) is -2.84. The average molecular weight is 512 g/mol. The van der Waals surface area contributed by atoms with E-state index in [4.69, 9.17) is 4.74 Å². The fraction of sp³-hybridized carbons (Fsp3) is 0.458. The number of hydrogen-bond acceptors (Lipinski definition) is 5. The van der Waals surface area contributed by atoms with Crippen molar-refractivity contribution in [2.24, 2.45) is 0 Å². The number of anilines is 1. The van der Waals surface area contributed by atoms with Gasteiger partial charge in [-0.3, -0.25) is 4.79 Å². The van der Waals surface area contributed by atoms with E-state index in [1.54, 1.807) is 28.9 Å². The number of nitrogens with zero attached hydrogens (tertiary/aromatic N) is 3. The van der Waals surface area contributed by atoms with Gasteiger partial charge >= 0.3 is 6.18 Å². The number of benzene rings is 2. The van der Waals surface area contributed by atoms with Crippen LogP contribution >= 0.6 is 0 Å². The molecule has 0 bridgehead atoms. The summed E-state index contributed by atoms with van der Waals surface area (Å²) in [4.78, 5) is 16.6. The SMILES string of the molecule is CCOc1ccc(C(=O)N2CCN(c3cccc(C(F)(F)F)c3)CC2)cc1S(=O)(=O)N1CCCC1. The van der Waals surface area contributed by atoms with E-state index in [9.17, 15) is 26.4 Å². The molecule has 1 amide bonds. The minimum absolute atomic E-state index is 0.0188. The third-order valence-electron chi connectivity index (χ3n) is 6.28. The topological polar surface area (TPSA) is 70.2 Å². The smallest absolute Gasteiger partial charge is 0.416 e. The molecule has 2 aliphatic rings. The molecule has 2 heterocycles. The van der Waals surface area contributed by atoms with E-state index in [0.717, 1.165) is 25.0 Å². The molecule has 2 aromatic carbocycles. The Kier molecular flexibility index (Phi) is 7.27. The minimum Gasteiger partial charge on any atom is -0.492 e. The Morgan fingerprint density at radius 2 is 1.66 bits per heavy atom. The minimum atomic E-state index is -4.42. The van der Waals surface area contributed by atoms with E-state index >= 15 is 0 Å². The summed E-state index contributed by atoms with van der Waals surface area (Å²) >= 11 is 0. The fourth-order valence-corrected chi connectivity index (χ4v) is 6.09. The van der Waals surface area contributed by atoms with Crippen molar-refractivity contribution in [3.05, 3.63) is 53.6 Å². The predicted molar refractivity (Wildman–Crippen MR) is 125 cm³/mol. The number of halogens is 3. The van der Waals surface area contributed by atoms with Crippen LogP contribution in [0.15, 0.2) is 47.4 Å². The highest BCUT2D eigenvalue weighted by Crippen LogP contribution is 2.33. The molecule has 0 saturated carbocycles. The molecule has 0 atom stereocenters. The molecular weight excluding hydrogens is 483 g/mol. The van der Waals surface area contributed by atoms with Gasteiger partial charge in [0.05, 0.1) is 12.2 Å². The van der Waals surface area contributed by atoms with Gasteiger partial charge in [-0.25, -0.2) is 8.42 Å². The zero-order valence-corrected chi connectivity index (χ0v) is 20.2. The number of sulfonamides is 1. The highest BCUT2D eigenvalue weighted by molar-refractivity contribution is 7.89. The molecule has 2 saturated heterocycles. The van der Waals surface area contributed by atoms with Crippen LogP contribution in [-0.2, 0) is 16.2 Å². The third kappa shape index (κ3) is 5.40. The molecular formula is C24H28F3N3O4S. The summed E-state index contributed by atoms with van der Waals surface area (Å²) < 4.78 is 72.5. The summed E-state index contributed by atoms with van der Waals surface area (Å²) in [6.45, 7) is 4.24. The van der Waals surface area contributed by atoms with Gasteiger partial charge in [-0.2, -0.15) is 17.5 Å². The number of hydrogen-bond donors (Lipinski definition) is 0. The molecule has 7 nitrogen and oxygen atoms in total. The second-order valence-electron chi connectivity index (χ2n) is 8.53. The van der Waals surface area contributed by atoms with E-state index in [1.165, 1.54) is 22.5 Å². The van der Waals surface area contributed by atoms with Crippen molar-refractivity contribution in [2.75, 3.05) is 50.8 Å². The van der Waals surface area contributed by atoms with Crippen LogP contribution in [0.1, 0.15) is 35.7 Å². The highest BCUT2D eigenvalue weighted by atomic mass is 32.2. The van der Waals surface area contributed by atoms with Gasteiger partial charge in [0.15, 0.2) is 0 Å². The van der Waals surface area contributed by atoms with Crippen molar-refractivity contribution < 1.29 is 31.1 Å². The Labute approximate surface area is 203 Å². The first-order valence-corrected chi connectivity index (χ1v) is 13.0. The van der Waals surface area contributed by atoms with E-state index in [-0.39, 0.29) is 28.7 Å². The van der Waals surface area contributed by atoms with E-state index in [1.807, 2.05) is 0 Å². The number of carbonyl (C=O) groups excluding carboxylic acids is 1. The second kappa shape index (κ2) is 10.1. The molecule has 4 rings (SSSR count). The lowest BCUT2D eigenvalue weighted by atomic mass is 10.1. The van der Waals surface area contributed by atoms with Crippen LogP contribution in [0.2, 0.25) is 0 Å². The van der Waals surface area contributed by atoms with Crippen LogP contribution in [0.4, 0.5) is 18.9 Å². The molecule has 2 aliphatic heterocycles. The lowest BCUT2D eigenvalue weighted by Gasteiger charge is -2.36. The van der Waals surface area contributed by atoms with Gasteiger partial charge in [0, 0.05) is 50.5 Å². The van der Waals surface area contributed by atoms with Crippen molar-refractivity contribution >= 4 is 21.6 Å². The standard InChI is InChI=1S/C24H28F3N3O4S/c1-2-34-21-9-8-18(16-22(21)35(32,33)30-10-3-4-11-30)23(31)29-14-12-28(13-15-29)20-7-5-6-19(17-20)24(25,26)27/h5-9,16-17H,2-4,10-15H2,1H3. The van der Waals surface area contributed by atoms with Gasteiger partial charge in [0.1, 0.15) is 10.6 Å². The molecule has 0 spiro atoms. The molecule has 0 aliphatic carbocycles. The lowest BCUT2D eigenvalue weighted by molar-refractivity contribution is -0.137. The normalized spacial score (nSPS) is 17.6. The van der Waals surface area contributed by atoms with E-state index in [0.29, 0.717) is 45.0 Å². The maximum atomic E-state index is 13.2. The van der Waals surface area contributed by atoms with E-state index < -0.39 is 21.8 Å². The molecule has 190 valence electrons. The lowest BCUT2D eigenvalue weighted by Crippen LogP contribution is -2.48. The Morgan fingerprint density at radius 1 is 0.971 bits per heavy atom. The van der Waals surface area contributed by atoms with Crippen LogP contribution in [0, 0.1) is 0 Å². The van der Waals surface area contributed by atoms with Gasteiger partial charge in [-0.15, -0.1) is 0 Å². The molecule has 0 N–H and O–H groups in total. The highest BCUT2D eigenvalue weighted by Gasteiger charge is 2.33. The fourth-order valence-electron chi connectivity index (χ4n) is 4.41. The summed E-state index contributed by atoms with van der Waals surface area (Å²) in [6, 6.07) is 9.57. The first-order valence-electron chi connectivity index (χ1n) is 11.6. The Hall–Kier alpha value is -2.79. The number of ether oxygens (including phenoxy) is 1. The van der Waals surface area contributed by atoms with Crippen molar-refractivity contribution in [3.63, 3.8) is 0 Å². The Balaban J connectivity index is 1.50. The van der Waals surface area contributed by atoms with Crippen molar-refractivity contribution in [3.8, 4) is 5.75 Å². The van der Waals surface area contributed by atoms with Crippen molar-refractivity contribution in [1.29, 1.82) is 0 Å². The first-order chi connectivity index (χ1) is 16.6. The van der Waals surface area contributed by atoms with Gasteiger partial charge in [-0.05, 0) is 56.2 Å². The van der Waals surface area contributed by atoms with Crippen molar-refractivity contribution in [1.82, 2.24) is 9.21 Å². The molecule has 0 radical (unpaired) electrons. The molecule has 35 heavy (non-hydrogen) atoms.